The topological polar surface area (TPSA) is 43.7 Å². The quantitative estimate of drug-likeness (QED) is 0.347. The molecule has 0 rings (SSSR count). The van der Waals surface area contributed by atoms with E-state index in [0.717, 1.165) is 19.5 Å². The van der Waals surface area contributed by atoms with E-state index in [0.29, 0.717) is 6.61 Å². The fourth-order valence-electron chi connectivity index (χ4n) is 2.64. The van der Waals surface area contributed by atoms with Gasteiger partial charge in [-0.25, -0.2) is 0 Å². The first-order valence-corrected chi connectivity index (χ1v) is 10.6. The third-order valence-electron chi connectivity index (χ3n) is 4.53. The molecule has 24 heavy (non-hydrogen) atoms. The van der Waals surface area contributed by atoms with Crippen LogP contribution in [0.15, 0.2) is 0 Å². The van der Waals surface area contributed by atoms with Gasteiger partial charge < -0.3 is 15.1 Å². The van der Waals surface area contributed by atoms with Crippen LogP contribution < -0.4 is 0 Å². The van der Waals surface area contributed by atoms with Crippen molar-refractivity contribution in [3.8, 4) is 0 Å². The molecule has 3 heteroatoms. The maximum atomic E-state index is 8.64. The molecule has 0 aromatic heterocycles. The molecule has 0 amide bonds. The summed E-state index contributed by atoms with van der Waals surface area (Å²) < 4.78 is 0. The molecule has 0 atom stereocenters. The molecule has 0 saturated carbocycles. The smallest absolute Gasteiger partial charge is 0.0558 e. The first-order chi connectivity index (χ1) is 11.7. The summed E-state index contributed by atoms with van der Waals surface area (Å²) in [4.78, 5) is 2.06. The van der Waals surface area contributed by atoms with Crippen LogP contribution >= 0.6 is 0 Å². The number of aliphatic hydroxyl groups excluding tert-OH is 2. The molecule has 0 unspecified atom stereocenters. The lowest BCUT2D eigenvalue weighted by Gasteiger charge is -2.09. The van der Waals surface area contributed by atoms with Crippen LogP contribution in [0.25, 0.3) is 0 Å². The number of aliphatic hydroxyl groups is 2. The van der Waals surface area contributed by atoms with E-state index in [1.807, 2.05) is 7.05 Å². The van der Waals surface area contributed by atoms with Gasteiger partial charge in [0.1, 0.15) is 0 Å². The molecule has 0 heterocycles. The zero-order valence-corrected chi connectivity index (χ0v) is 17.1. The predicted octanol–water partition coefficient (Wildman–Crippen LogP) is 5.39. The SMILES string of the molecule is CCCCCCCCCCCCCCCCO.CCN(C)CCO. The maximum absolute atomic E-state index is 8.64. The molecule has 148 valence electrons. The number of nitrogens with zero attached hydrogens (tertiary/aromatic N) is 1. The Bertz CT molecular complexity index is 186. The van der Waals surface area contributed by atoms with Gasteiger partial charge in [0, 0.05) is 13.2 Å². The Morgan fingerprint density at radius 2 is 0.917 bits per heavy atom. The molecule has 3 nitrogen and oxygen atoms in total. The molecule has 0 fully saturated rings. The third kappa shape index (κ3) is 26.8. The highest BCUT2D eigenvalue weighted by Crippen LogP contribution is 2.12. The number of hydrogen-bond acceptors (Lipinski definition) is 3. The molecular formula is C21H47NO2. The molecule has 0 aliphatic carbocycles. The summed E-state index contributed by atoms with van der Waals surface area (Å²) in [5.74, 6) is 0. The van der Waals surface area contributed by atoms with E-state index in [1.54, 1.807) is 0 Å². The fraction of sp³-hybridized carbons (Fsp3) is 1.00. The average molecular weight is 346 g/mol. The van der Waals surface area contributed by atoms with Gasteiger partial charge in [0.2, 0.25) is 0 Å². The minimum absolute atomic E-state index is 0.268. The van der Waals surface area contributed by atoms with Gasteiger partial charge in [-0.05, 0) is 20.0 Å². The van der Waals surface area contributed by atoms with Crippen LogP contribution in [0.5, 0.6) is 0 Å². The van der Waals surface area contributed by atoms with E-state index < -0.39 is 0 Å². The van der Waals surface area contributed by atoms with E-state index >= 15 is 0 Å². The molecular weight excluding hydrogens is 298 g/mol. The Morgan fingerprint density at radius 3 is 1.17 bits per heavy atom. The van der Waals surface area contributed by atoms with Crippen molar-refractivity contribution >= 4 is 0 Å². The first kappa shape index (κ1) is 26.1. The largest absolute Gasteiger partial charge is 0.396 e. The van der Waals surface area contributed by atoms with Crippen molar-refractivity contribution in [3.05, 3.63) is 0 Å². The molecule has 0 aliphatic rings. The monoisotopic (exact) mass is 345 g/mol. The highest BCUT2D eigenvalue weighted by Gasteiger charge is 1.93. The normalized spacial score (nSPS) is 10.8. The van der Waals surface area contributed by atoms with Gasteiger partial charge in [-0.3, -0.25) is 0 Å². The predicted molar refractivity (Wildman–Crippen MR) is 108 cm³/mol. The van der Waals surface area contributed by atoms with Gasteiger partial charge in [-0.1, -0.05) is 97.3 Å². The van der Waals surface area contributed by atoms with Gasteiger partial charge in [0.15, 0.2) is 0 Å². The lowest BCUT2D eigenvalue weighted by Crippen LogP contribution is -2.20. The molecule has 0 spiro atoms. The van der Waals surface area contributed by atoms with Gasteiger partial charge in [0.25, 0.3) is 0 Å². The second kappa shape index (κ2) is 25.1. The zero-order chi connectivity index (χ0) is 18.3. The summed E-state index contributed by atoms with van der Waals surface area (Å²) in [6.07, 6.45) is 19.2. The highest BCUT2D eigenvalue weighted by atomic mass is 16.3. The summed E-state index contributed by atoms with van der Waals surface area (Å²) in [6.45, 7) is 6.79. The van der Waals surface area contributed by atoms with Crippen molar-refractivity contribution in [2.75, 3.05) is 33.4 Å². The van der Waals surface area contributed by atoms with E-state index in [9.17, 15) is 0 Å². The van der Waals surface area contributed by atoms with Crippen LogP contribution in [-0.4, -0.2) is 48.5 Å². The van der Waals surface area contributed by atoms with Crippen LogP contribution in [0.2, 0.25) is 0 Å². The van der Waals surface area contributed by atoms with Crippen LogP contribution in [0.1, 0.15) is 104 Å². The van der Waals surface area contributed by atoms with E-state index in [1.165, 1.54) is 83.5 Å². The van der Waals surface area contributed by atoms with Crippen molar-refractivity contribution in [2.45, 2.75) is 104 Å². The summed E-state index contributed by atoms with van der Waals surface area (Å²) in [7, 11) is 1.98. The molecule has 0 aromatic rings. The van der Waals surface area contributed by atoms with E-state index in [-0.39, 0.29) is 6.61 Å². The van der Waals surface area contributed by atoms with Crippen molar-refractivity contribution in [3.63, 3.8) is 0 Å². The zero-order valence-electron chi connectivity index (χ0n) is 17.1. The van der Waals surface area contributed by atoms with Gasteiger partial charge in [-0.2, -0.15) is 0 Å². The Balaban J connectivity index is 0. The van der Waals surface area contributed by atoms with Gasteiger partial charge in [0.05, 0.1) is 6.61 Å². The molecule has 0 radical (unpaired) electrons. The van der Waals surface area contributed by atoms with Gasteiger partial charge in [-0.15, -0.1) is 0 Å². The number of hydrogen-bond donors (Lipinski definition) is 2. The summed E-state index contributed by atoms with van der Waals surface area (Å²) in [5, 5.41) is 17.0. The third-order valence-corrected chi connectivity index (χ3v) is 4.53. The van der Waals surface area contributed by atoms with Crippen molar-refractivity contribution in [2.24, 2.45) is 0 Å². The standard InChI is InChI=1S/C16H34O.C5H13NO/c1-2-3-4-5-6-7-8-9-10-11-12-13-14-15-16-17;1-3-6(2)4-5-7/h17H,2-16H2,1H3;7H,3-5H2,1-2H3. The molecule has 0 saturated heterocycles. The second-order valence-electron chi connectivity index (χ2n) is 6.94. The van der Waals surface area contributed by atoms with Gasteiger partial charge >= 0.3 is 0 Å². The molecule has 0 aromatic carbocycles. The number of likely N-dealkylation sites (N-methyl/N-ethyl adjacent to an activating group) is 1. The Kier molecular flexibility index (Phi) is 27.3. The van der Waals surface area contributed by atoms with Crippen molar-refractivity contribution < 1.29 is 10.2 Å². The first-order valence-electron chi connectivity index (χ1n) is 10.6. The van der Waals surface area contributed by atoms with Crippen LogP contribution in [0, 0.1) is 0 Å². The van der Waals surface area contributed by atoms with Crippen molar-refractivity contribution in [1.82, 2.24) is 4.90 Å². The van der Waals surface area contributed by atoms with Crippen LogP contribution in [-0.2, 0) is 0 Å². The molecule has 2 N–H and O–H groups in total. The fourth-order valence-corrected chi connectivity index (χ4v) is 2.64. The number of unbranched alkanes of at least 4 members (excludes halogenated alkanes) is 13. The summed E-state index contributed by atoms with van der Waals surface area (Å²) in [5.41, 5.74) is 0. The lowest BCUT2D eigenvalue weighted by molar-refractivity contribution is 0.227. The Hall–Kier alpha value is -0.120. The minimum Gasteiger partial charge on any atom is -0.396 e. The average Bonchev–Trinajstić information content (AvgIpc) is 2.60. The highest BCUT2D eigenvalue weighted by molar-refractivity contribution is 4.49. The van der Waals surface area contributed by atoms with Crippen molar-refractivity contribution in [1.29, 1.82) is 0 Å². The lowest BCUT2D eigenvalue weighted by atomic mass is 10.0. The molecule has 0 bridgehead atoms. The van der Waals surface area contributed by atoms with Crippen LogP contribution in [0.4, 0.5) is 0 Å². The molecule has 0 aliphatic heterocycles. The van der Waals surface area contributed by atoms with E-state index in [4.69, 9.17) is 10.2 Å². The van der Waals surface area contributed by atoms with Crippen LogP contribution in [0.3, 0.4) is 0 Å². The number of rotatable bonds is 17. The maximum Gasteiger partial charge on any atom is 0.0558 e. The minimum atomic E-state index is 0.268. The summed E-state index contributed by atoms with van der Waals surface area (Å²) >= 11 is 0. The Morgan fingerprint density at radius 1 is 0.542 bits per heavy atom. The van der Waals surface area contributed by atoms with E-state index in [2.05, 4.69) is 18.7 Å². The second-order valence-corrected chi connectivity index (χ2v) is 6.94. The Labute approximate surface area is 152 Å². The summed E-state index contributed by atoms with van der Waals surface area (Å²) in [6, 6.07) is 0.